The van der Waals surface area contributed by atoms with Crippen molar-refractivity contribution < 1.29 is 14.2 Å². The fourth-order valence-electron chi connectivity index (χ4n) is 1.94. The van der Waals surface area contributed by atoms with Crippen LogP contribution in [0.5, 0.6) is 5.75 Å². The summed E-state index contributed by atoms with van der Waals surface area (Å²) in [7, 11) is 3.04. The average molecular weight is 237 g/mol. The monoisotopic (exact) mass is 237 g/mol. The van der Waals surface area contributed by atoms with Gasteiger partial charge < -0.3 is 14.4 Å². The molecule has 2 rings (SSSR count). The SMILES string of the molecule is COc1ccc(N2CCOCC2)cc1[N+](C)=O. The molecule has 5 heteroatoms. The third-order valence-electron chi connectivity index (χ3n) is 2.88. The molecule has 1 aliphatic rings. The molecule has 1 aliphatic heterocycles. The summed E-state index contributed by atoms with van der Waals surface area (Å²) in [6.07, 6.45) is 0. The predicted octanol–water partition coefficient (Wildman–Crippen LogP) is 1.57. The molecule has 1 saturated heterocycles. The number of rotatable bonds is 3. The Kier molecular flexibility index (Phi) is 3.58. The fourth-order valence-corrected chi connectivity index (χ4v) is 1.94. The quantitative estimate of drug-likeness (QED) is 0.748. The zero-order valence-corrected chi connectivity index (χ0v) is 10.2. The van der Waals surface area contributed by atoms with E-state index in [0.29, 0.717) is 11.4 Å². The van der Waals surface area contributed by atoms with Crippen LogP contribution in [0.3, 0.4) is 0 Å². The summed E-state index contributed by atoms with van der Waals surface area (Å²) in [5.74, 6) is 0.597. The first-order valence-electron chi connectivity index (χ1n) is 5.64. The van der Waals surface area contributed by atoms with Crippen molar-refractivity contribution in [2.24, 2.45) is 0 Å². The molecule has 0 N–H and O–H groups in total. The van der Waals surface area contributed by atoms with E-state index in [9.17, 15) is 4.91 Å². The van der Waals surface area contributed by atoms with Gasteiger partial charge in [0.25, 0.3) is 5.69 Å². The molecule has 0 bridgehead atoms. The molecule has 0 amide bonds. The minimum atomic E-state index is 0.552. The normalized spacial score (nSPS) is 15.8. The van der Waals surface area contributed by atoms with Gasteiger partial charge in [0.1, 0.15) is 0 Å². The maximum Gasteiger partial charge on any atom is 0.299 e. The number of benzene rings is 1. The maximum atomic E-state index is 11.5. The van der Waals surface area contributed by atoms with Crippen LogP contribution in [0.1, 0.15) is 0 Å². The molecule has 1 fully saturated rings. The van der Waals surface area contributed by atoms with E-state index in [-0.39, 0.29) is 0 Å². The van der Waals surface area contributed by atoms with Gasteiger partial charge in [0.15, 0.2) is 12.8 Å². The second-order valence-corrected chi connectivity index (χ2v) is 3.95. The van der Waals surface area contributed by atoms with Gasteiger partial charge in [0.2, 0.25) is 0 Å². The van der Waals surface area contributed by atoms with Crippen molar-refractivity contribution in [1.29, 1.82) is 0 Å². The molecule has 5 nitrogen and oxygen atoms in total. The first-order chi connectivity index (χ1) is 8.22. The molecular formula is C12H17N2O3+. The van der Waals surface area contributed by atoms with Crippen molar-refractivity contribution in [1.82, 2.24) is 0 Å². The van der Waals surface area contributed by atoms with Gasteiger partial charge in [-0.2, -0.15) is 0 Å². The summed E-state index contributed by atoms with van der Waals surface area (Å²) in [6.45, 7) is 3.17. The largest absolute Gasteiger partial charge is 0.490 e. The highest BCUT2D eigenvalue weighted by Gasteiger charge is 2.19. The van der Waals surface area contributed by atoms with Gasteiger partial charge in [-0.25, -0.2) is 0 Å². The first-order valence-corrected chi connectivity index (χ1v) is 5.64. The molecule has 1 aromatic carbocycles. The Balaban J connectivity index is 2.29. The van der Waals surface area contributed by atoms with Gasteiger partial charge in [-0.1, -0.05) is 0 Å². The molecule has 1 heterocycles. The lowest BCUT2D eigenvalue weighted by atomic mass is 10.2. The van der Waals surface area contributed by atoms with Crippen LogP contribution in [0.25, 0.3) is 0 Å². The average Bonchev–Trinajstić information content (AvgIpc) is 2.39. The van der Waals surface area contributed by atoms with E-state index in [1.54, 1.807) is 7.11 Å². The van der Waals surface area contributed by atoms with Crippen LogP contribution >= 0.6 is 0 Å². The van der Waals surface area contributed by atoms with Crippen molar-refractivity contribution in [3.63, 3.8) is 0 Å². The molecule has 0 spiro atoms. The molecule has 0 atom stereocenters. The van der Waals surface area contributed by atoms with E-state index in [2.05, 4.69) is 4.90 Å². The summed E-state index contributed by atoms with van der Waals surface area (Å²) in [6, 6.07) is 5.66. The van der Waals surface area contributed by atoms with Gasteiger partial charge in [0, 0.05) is 34.5 Å². The Morgan fingerprint density at radius 2 is 2.06 bits per heavy atom. The van der Waals surface area contributed by atoms with Crippen molar-refractivity contribution in [3.8, 4) is 5.75 Å². The van der Waals surface area contributed by atoms with Gasteiger partial charge in [-0.05, 0) is 12.1 Å². The van der Waals surface area contributed by atoms with Crippen molar-refractivity contribution in [2.45, 2.75) is 0 Å². The minimum Gasteiger partial charge on any atom is -0.490 e. The lowest BCUT2D eigenvalue weighted by Gasteiger charge is -2.28. The molecule has 1 aromatic rings. The van der Waals surface area contributed by atoms with Gasteiger partial charge in [-0.3, -0.25) is 0 Å². The van der Waals surface area contributed by atoms with Crippen molar-refractivity contribution in [2.75, 3.05) is 45.4 Å². The summed E-state index contributed by atoms with van der Waals surface area (Å²) >= 11 is 0. The molecule has 92 valence electrons. The third kappa shape index (κ3) is 2.55. The Labute approximate surface area is 101 Å². The minimum absolute atomic E-state index is 0.552. The second-order valence-electron chi connectivity index (χ2n) is 3.95. The molecule has 17 heavy (non-hydrogen) atoms. The topological polar surface area (TPSA) is 41.8 Å². The first kappa shape index (κ1) is 11.9. The summed E-state index contributed by atoms with van der Waals surface area (Å²) in [4.78, 5) is 13.7. The number of nitrogens with zero attached hydrogens (tertiary/aromatic N) is 2. The van der Waals surface area contributed by atoms with Gasteiger partial charge >= 0.3 is 0 Å². The van der Waals surface area contributed by atoms with Crippen LogP contribution in [0, 0.1) is 4.91 Å². The number of nitroso groups, excluding NO2 is 1. The fraction of sp³-hybridized carbons (Fsp3) is 0.500. The van der Waals surface area contributed by atoms with Crippen LogP contribution in [0.2, 0.25) is 0 Å². The highest BCUT2D eigenvalue weighted by molar-refractivity contribution is 5.59. The number of anilines is 1. The van der Waals surface area contributed by atoms with Crippen LogP contribution < -0.4 is 9.64 Å². The molecule has 0 aromatic heterocycles. The van der Waals surface area contributed by atoms with E-state index in [4.69, 9.17) is 9.47 Å². The molecule has 0 radical (unpaired) electrons. The van der Waals surface area contributed by atoms with Crippen molar-refractivity contribution in [3.05, 3.63) is 23.1 Å². The van der Waals surface area contributed by atoms with Gasteiger partial charge in [-0.15, -0.1) is 0 Å². The lowest BCUT2D eigenvalue weighted by Crippen LogP contribution is -2.36. The zero-order chi connectivity index (χ0) is 12.3. The number of methoxy groups -OCH3 is 1. The van der Waals surface area contributed by atoms with E-state index in [0.717, 1.165) is 36.8 Å². The number of hydrogen-bond acceptors (Lipinski definition) is 4. The summed E-state index contributed by atoms with van der Waals surface area (Å²) in [5, 5.41) is 0. The molecular weight excluding hydrogens is 220 g/mol. The zero-order valence-electron chi connectivity index (χ0n) is 10.2. The molecule has 0 saturated carbocycles. The second kappa shape index (κ2) is 5.14. The van der Waals surface area contributed by atoms with E-state index in [1.165, 1.54) is 7.05 Å². The van der Waals surface area contributed by atoms with Gasteiger partial charge in [0.05, 0.1) is 20.3 Å². The smallest absolute Gasteiger partial charge is 0.299 e. The number of hydrogen-bond donors (Lipinski definition) is 0. The number of morpholine rings is 1. The summed E-state index contributed by atoms with van der Waals surface area (Å²) < 4.78 is 11.3. The molecule has 0 aliphatic carbocycles. The number of ether oxygens (including phenoxy) is 2. The van der Waals surface area contributed by atoms with Crippen LogP contribution in [0.4, 0.5) is 11.4 Å². The van der Waals surface area contributed by atoms with Crippen LogP contribution in [0.15, 0.2) is 18.2 Å². The van der Waals surface area contributed by atoms with E-state index in [1.807, 2.05) is 18.2 Å². The van der Waals surface area contributed by atoms with Crippen LogP contribution in [-0.4, -0.2) is 45.2 Å². The highest BCUT2D eigenvalue weighted by Crippen LogP contribution is 2.31. The Hall–Kier alpha value is -1.62. The molecule has 0 unspecified atom stereocenters. The Morgan fingerprint density at radius 1 is 1.35 bits per heavy atom. The Morgan fingerprint density at radius 3 is 2.65 bits per heavy atom. The van der Waals surface area contributed by atoms with E-state index >= 15 is 0 Å². The Bertz CT molecular complexity index is 414. The third-order valence-corrected chi connectivity index (χ3v) is 2.88. The lowest BCUT2D eigenvalue weighted by molar-refractivity contribution is -0.429. The summed E-state index contributed by atoms with van der Waals surface area (Å²) in [5.41, 5.74) is 1.59. The van der Waals surface area contributed by atoms with Crippen LogP contribution in [-0.2, 0) is 4.74 Å². The van der Waals surface area contributed by atoms with E-state index < -0.39 is 0 Å². The highest BCUT2D eigenvalue weighted by atomic mass is 16.5. The predicted molar refractivity (Wildman–Crippen MR) is 65.2 cm³/mol. The standard InChI is InChI=1S/C12H17N2O3/c1-13(15)11-9-10(3-4-12(11)16-2)14-5-7-17-8-6-14/h3-4,9H,5-8H2,1-2H3/q+1. The maximum absolute atomic E-state index is 11.5. The van der Waals surface area contributed by atoms with Crippen molar-refractivity contribution >= 4 is 11.4 Å².